The van der Waals surface area contributed by atoms with Crippen LogP contribution in [0.25, 0.3) is 65.7 Å². The molecule has 164 valence electrons. The molecule has 0 amide bonds. The van der Waals surface area contributed by atoms with E-state index in [1.807, 2.05) is 24.3 Å². The number of furan rings is 1. The standard InChI is InChI=1S/C33H21NO/c34-20-27-7-4-8-32-33(27)30-19-26(15-16-31(30)35-32)25-14-12-23-10-9-22-11-13-24(17-28(22)29(23)18-25)21-5-2-1-3-6-21/h1-20,34H. The van der Waals surface area contributed by atoms with Gasteiger partial charge in [0.2, 0.25) is 0 Å². The van der Waals surface area contributed by atoms with Gasteiger partial charge in [-0.15, -0.1) is 0 Å². The van der Waals surface area contributed by atoms with E-state index in [-0.39, 0.29) is 0 Å². The molecule has 7 rings (SSSR count). The summed E-state index contributed by atoms with van der Waals surface area (Å²) in [5, 5.41) is 14.8. The Balaban J connectivity index is 1.45. The lowest BCUT2D eigenvalue weighted by Crippen LogP contribution is -1.84. The highest BCUT2D eigenvalue weighted by Crippen LogP contribution is 2.36. The second-order valence-corrected chi connectivity index (χ2v) is 8.98. The Labute approximate surface area is 202 Å². The predicted molar refractivity (Wildman–Crippen MR) is 147 cm³/mol. The van der Waals surface area contributed by atoms with Crippen molar-refractivity contribution in [3.05, 3.63) is 121 Å². The molecular weight excluding hydrogens is 426 g/mol. The van der Waals surface area contributed by atoms with E-state index in [1.54, 1.807) is 0 Å². The van der Waals surface area contributed by atoms with Crippen molar-refractivity contribution in [3.63, 3.8) is 0 Å². The van der Waals surface area contributed by atoms with Gasteiger partial charge in [0.1, 0.15) is 11.2 Å². The maximum absolute atomic E-state index is 7.84. The van der Waals surface area contributed by atoms with Crippen LogP contribution in [0.4, 0.5) is 0 Å². The largest absolute Gasteiger partial charge is 0.456 e. The van der Waals surface area contributed by atoms with E-state index in [0.29, 0.717) is 0 Å². The Bertz CT molecular complexity index is 1910. The zero-order valence-corrected chi connectivity index (χ0v) is 19.0. The Hall–Kier alpha value is -4.69. The van der Waals surface area contributed by atoms with Crippen molar-refractivity contribution in [2.24, 2.45) is 0 Å². The van der Waals surface area contributed by atoms with E-state index in [2.05, 4.69) is 91.0 Å². The minimum Gasteiger partial charge on any atom is -0.456 e. The molecule has 1 aromatic heterocycles. The summed E-state index contributed by atoms with van der Waals surface area (Å²) >= 11 is 0. The molecule has 0 aliphatic rings. The molecule has 0 fully saturated rings. The number of rotatable bonds is 3. The first kappa shape index (κ1) is 19.7. The summed E-state index contributed by atoms with van der Waals surface area (Å²) < 4.78 is 6.07. The highest BCUT2D eigenvalue weighted by Gasteiger charge is 2.12. The molecule has 0 spiro atoms. The average Bonchev–Trinajstić information content (AvgIpc) is 3.31. The average molecular weight is 448 g/mol. The van der Waals surface area contributed by atoms with Gasteiger partial charge in [0.25, 0.3) is 0 Å². The molecular formula is C33H21NO. The SMILES string of the molecule is N=Cc1cccc2oc3ccc(-c4ccc5ccc6ccc(-c7ccccc7)cc6c5c4)cc3c12. The molecule has 0 saturated carbocycles. The van der Waals surface area contributed by atoms with Gasteiger partial charge in [-0.1, -0.05) is 84.9 Å². The highest BCUT2D eigenvalue weighted by atomic mass is 16.3. The van der Waals surface area contributed by atoms with Crippen LogP contribution >= 0.6 is 0 Å². The van der Waals surface area contributed by atoms with Gasteiger partial charge in [0.15, 0.2) is 0 Å². The third-order valence-corrected chi connectivity index (χ3v) is 6.96. The van der Waals surface area contributed by atoms with Gasteiger partial charge in [-0.2, -0.15) is 0 Å². The second kappa shape index (κ2) is 7.68. The topological polar surface area (TPSA) is 37.0 Å². The van der Waals surface area contributed by atoms with E-state index in [0.717, 1.165) is 33.1 Å². The fraction of sp³-hybridized carbons (Fsp3) is 0. The Kier molecular flexibility index (Phi) is 4.33. The lowest BCUT2D eigenvalue weighted by molar-refractivity contribution is 0.669. The molecule has 2 heteroatoms. The van der Waals surface area contributed by atoms with Crippen molar-refractivity contribution >= 4 is 49.7 Å². The fourth-order valence-electron chi connectivity index (χ4n) is 5.19. The van der Waals surface area contributed by atoms with Crippen molar-refractivity contribution in [1.82, 2.24) is 0 Å². The summed E-state index contributed by atoms with van der Waals surface area (Å²) in [7, 11) is 0. The fourth-order valence-corrected chi connectivity index (χ4v) is 5.19. The third kappa shape index (κ3) is 3.15. The van der Waals surface area contributed by atoms with E-state index in [4.69, 9.17) is 9.83 Å². The van der Waals surface area contributed by atoms with Crippen molar-refractivity contribution in [2.75, 3.05) is 0 Å². The molecule has 0 atom stereocenters. The van der Waals surface area contributed by atoms with Crippen molar-refractivity contribution in [2.45, 2.75) is 0 Å². The molecule has 0 unspecified atom stereocenters. The molecule has 7 aromatic rings. The molecule has 0 aliphatic carbocycles. The molecule has 0 aliphatic heterocycles. The maximum atomic E-state index is 7.84. The molecule has 2 nitrogen and oxygen atoms in total. The normalized spacial score (nSPS) is 11.5. The molecule has 6 aromatic carbocycles. The van der Waals surface area contributed by atoms with Crippen LogP contribution in [0.15, 0.2) is 120 Å². The minimum absolute atomic E-state index is 0.816. The first-order chi connectivity index (χ1) is 17.3. The van der Waals surface area contributed by atoms with Gasteiger partial charge in [0.05, 0.1) is 0 Å². The van der Waals surface area contributed by atoms with Crippen molar-refractivity contribution in [3.8, 4) is 22.3 Å². The van der Waals surface area contributed by atoms with E-state index in [1.165, 1.54) is 44.4 Å². The minimum atomic E-state index is 0.816. The molecule has 0 radical (unpaired) electrons. The smallest absolute Gasteiger partial charge is 0.136 e. The van der Waals surface area contributed by atoms with E-state index >= 15 is 0 Å². The molecule has 0 saturated heterocycles. The summed E-state index contributed by atoms with van der Waals surface area (Å²) in [5.74, 6) is 0. The van der Waals surface area contributed by atoms with E-state index in [9.17, 15) is 0 Å². The van der Waals surface area contributed by atoms with Crippen LogP contribution < -0.4 is 0 Å². The summed E-state index contributed by atoms with van der Waals surface area (Å²) in [6, 6.07) is 40.6. The number of fused-ring (bicyclic) bond motifs is 6. The number of hydrogen-bond acceptors (Lipinski definition) is 2. The number of benzene rings is 6. The van der Waals surface area contributed by atoms with Crippen LogP contribution in [-0.2, 0) is 0 Å². The maximum Gasteiger partial charge on any atom is 0.136 e. The van der Waals surface area contributed by atoms with Crippen molar-refractivity contribution < 1.29 is 4.42 Å². The first-order valence-electron chi connectivity index (χ1n) is 11.8. The lowest BCUT2D eigenvalue weighted by atomic mass is 9.94. The van der Waals surface area contributed by atoms with Crippen LogP contribution in [0, 0.1) is 5.41 Å². The van der Waals surface area contributed by atoms with Gasteiger partial charge < -0.3 is 9.83 Å². The van der Waals surface area contributed by atoms with Gasteiger partial charge in [-0.05, 0) is 74.1 Å². The first-order valence-corrected chi connectivity index (χ1v) is 11.8. The molecule has 1 N–H and O–H groups in total. The predicted octanol–water partition coefficient (Wildman–Crippen LogP) is 9.22. The number of nitrogens with one attached hydrogen (secondary N) is 1. The summed E-state index contributed by atoms with van der Waals surface area (Å²) in [4.78, 5) is 0. The summed E-state index contributed by atoms with van der Waals surface area (Å²) in [5.41, 5.74) is 7.28. The van der Waals surface area contributed by atoms with Crippen LogP contribution in [0.1, 0.15) is 5.56 Å². The van der Waals surface area contributed by atoms with Gasteiger partial charge in [-0.25, -0.2) is 0 Å². The monoisotopic (exact) mass is 447 g/mol. The van der Waals surface area contributed by atoms with Crippen LogP contribution in [0.3, 0.4) is 0 Å². The zero-order chi connectivity index (χ0) is 23.4. The van der Waals surface area contributed by atoms with Crippen LogP contribution in [-0.4, -0.2) is 6.21 Å². The Morgan fingerprint density at radius 2 is 1.09 bits per heavy atom. The molecule has 35 heavy (non-hydrogen) atoms. The zero-order valence-electron chi connectivity index (χ0n) is 19.0. The third-order valence-electron chi connectivity index (χ3n) is 6.96. The molecule has 0 bridgehead atoms. The van der Waals surface area contributed by atoms with Gasteiger partial charge in [-0.3, -0.25) is 0 Å². The van der Waals surface area contributed by atoms with Crippen LogP contribution in [0.5, 0.6) is 0 Å². The van der Waals surface area contributed by atoms with Crippen LogP contribution in [0.2, 0.25) is 0 Å². The van der Waals surface area contributed by atoms with Gasteiger partial charge in [0, 0.05) is 22.6 Å². The second-order valence-electron chi connectivity index (χ2n) is 8.98. The van der Waals surface area contributed by atoms with Crippen molar-refractivity contribution in [1.29, 1.82) is 5.41 Å². The Morgan fingerprint density at radius 3 is 1.77 bits per heavy atom. The summed E-state index contributed by atoms with van der Waals surface area (Å²) in [6.45, 7) is 0. The quantitative estimate of drug-likeness (QED) is 0.213. The highest BCUT2D eigenvalue weighted by molar-refractivity contribution is 6.14. The Morgan fingerprint density at radius 1 is 0.486 bits per heavy atom. The van der Waals surface area contributed by atoms with Gasteiger partial charge >= 0.3 is 0 Å². The lowest BCUT2D eigenvalue weighted by Gasteiger charge is -2.10. The number of hydrogen-bond donors (Lipinski definition) is 1. The summed E-state index contributed by atoms with van der Waals surface area (Å²) in [6.07, 6.45) is 1.40. The molecule has 1 heterocycles. The van der Waals surface area contributed by atoms with E-state index < -0.39 is 0 Å².